The fraction of sp³-hybridized carbons (Fsp3) is 0.524. The number of anilines is 1. The van der Waals surface area contributed by atoms with Gasteiger partial charge in [0.15, 0.2) is 0 Å². The molecule has 9 nitrogen and oxygen atoms in total. The minimum absolute atomic E-state index is 0.0435. The van der Waals surface area contributed by atoms with E-state index in [9.17, 15) is 8.42 Å². The molecule has 0 radical (unpaired) electrons. The van der Waals surface area contributed by atoms with E-state index in [4.69, 9.17) is 30.4 Å². The van der Waals surface area contributed by atoms with Crippen molar-refractivity contribution in [1.29, 1.82) is 0 Å². The first-order valence-corrected chi connectivity index (χ1v) is 12.3. The summed E-state index contributed by atoms with van der Waals surface area (Å²) in [7, 11) is -2.25. The molecule has 2 aliphatic rings. The highest BCUT2D eigenvalue weighted by Gasteiger charge is 2.35. The second-order valence-electron chi connectivity index (χ2n) is 8.41. The molecular formula is C21H27ClN4O5S. The lowest BCUT2D eigenvalue weighted by molar-refractivity contribution is 0.0959. The second kappa shape index (κ2) is 9.48. The highest BCUT2D eigenvalue weighted by Crippen LogP contribution is 2.38. The first kappa shape index (κ1) is 23.2. The number of rotatable bonds is 8. The van der Waals surface area contributed by atoms with Crippen molar-refractivity contribution in [3.05, 3.63) is 46.7 Å². The first-order valence-electron chi connectivity index (χ1n) is 10.5. The van der Waals surface area contributed by atoms with Gasteiger partial charge in [-0.05, 0) is 47.9 Å². The molecule has 1 saturated carbocycles. The Kier molecular flexibility index (Phi) is 6.87. The minimum atomic E-state index is -3.95. The number of nitrogens with one attached hydrogen (secondary N) is 1. The molecule has 0 bridgehead atoms. The molecule has 1 aromatic heterocycles. The van der Waals surface area contributed by atoms with Crippen LogP contribution in [-0.4, -0.2) is 44.3 Å². The molecule has 5 atom stereocenters. The molecule has 3 N–H and O–H groups in total. The molecule has 0 saturated heterocycles. The van der Waals surface area contributed by atoms with Gasteiger partial charge in [-0.3, -0.25) is 4.18 Å². The summed E-state index contributed by atoms with van der Waals surface area (Å²) in [5.74, 6) is 1.37. The van der Waals surface area contributed by atoms with Crippen molar-refractivity contribution in [2.75, 3.05) is 19.0 Å². The van der Waals surface area contributed by atoms with Gasteiger partial charge in [-0.1, -0.05) is 24.6 Å². The smallest absolute Gasteiger partial charge is 0.333 e. The van der Waals surface area contributed by atoms with Crippen LogP contribution in [-0.2, 0) is 25.6 Å². The summed E-state index contributed by atoms with van der Waals surface area (Å²) in [5.41, 5.74) is 2.28. The van der Waals surface area contributed by atoms with E-state index in [0.29, 0.717) is 23.1 Å². The molecule has 1 aromatic carbocycles. The molecular weight excluding hydrogens is 456 g/mol. The van der Waals surface area contributed by atoms with Gasteiger partial charge in [0.05, 0.1) is 18.8 Å². The van der Waals surface area contributed by atoms with Gasteiger partial charge in [0.1, 0.15) is 18.2 Å². The maximum Gasteiger partial charge on any atom is 0.333 e. The molecule has 11 heteroatoms. The highest BCUT2D eigenvalue weighted by molar-refractivity contribution is 7.84. The Labute approximate surface area is 192 Å². The summed E-state index contributed by atoms with van der Waals surface area (Å²) < 4.78 is 38.7. The van der Waals surface area contributed by atoms with Crippen LogP contribution < -0.4 is 15.2 Å². The number of hydrogen-bond donors (Lipinski definition) is 2. The summed E-state index contributed by atoms with van der Waals surface area (Å²) >= 11 is 6.14. The van der Waals surface area contributed by atoms with Crippen LogP contribution in [0.1, 0.15) is 36.9 Å². The van der Waals surface area contributed by atoms with Crippen molar-refractivity contribution >= 4 is 27.7 Å². The summed E-state index contributed by atoms with van der Waals surface area (Å²) in [4.78, 5) is 8.58. The molecule has 0 amide bonds. The Hall–Kier alpha value is -1.98. The Bertz CT molecular complexity index is 1070. The molecule has 0 spiro atoms. The van der Waals surface area contributed by atoms with E-state index in [0.717, 1.165) is 24.0 Å². The molecule has 2 aromatic rings. The fourth-order valence-corrected chi connectivity index (χ4v) is 5.14. The van der Waals surface area contributed by atoms with E-state index >= 15 is 0 Å². The summed E-state index contributed by atoms with van der Waals surface area (Å²) in [6.45, 7) is 2.10. The van der Waals surface area contributed by atoms with Gasteiger partial charge >= 0.3 is 10.3 Å². The Morgan fingerprint density at radius 3 is 2.81 bits per heavy atom. The summed E-state index contributed by atoms with van der Waals surface area (Å²) in [6.07, 6.45) is 3.51. The first-order chi connectivity index (χ1) is 15.2. The number of hydrogen-bond acceptors (Lipinski definition) is 8. The molecule has 4 rings (SSSR count). The van der Waals surface area contributed by atoms with Crippen molar-refractivity contribution in [2.45, 2.75) is 44.4 Å². The maximum atomic E-state index is 11.1. The van der Waals surface area contributed by atoms with Crippen LogP contribution in [0.5, 0.6) is 5.88 Å². The van der Waals surface area contributed by atoms with Gasteiger partial charge in [-0.25, -0.2) is 15.1 Å². The number of nitrogens with two attached hydrogens (primary N) is 1. The van der Waals surface area contributed by atoms with Gasteiger partial charge in [0.25, 0.3) is 0 Å². The third-order valence-corrected chi connectivity index (χ3v) is 6.92. The molecule has 32 heavy (non-hydrogen) atoms. The van der Waals surface area contributed by atoms with Crippen LogP contribution in [0, 0.1) is 11.8 Å². The molecule has 2 aliphatic carbocycles. The lowest BCUT2D eigenvalue weighted by Gasteiger charge is -2.21. The number of aromatic nitrogens is 2. The van der Waals surface area contributed by atoms with E-state index < -0.39 is 10.3 Å². The topological polar surface area (TPSA) is 126 Å². The highest BCUT2D eigenvalue weighted by atomic mass is 35.5. The number of halogens is 1. The van der Waals surface area contributed by atoms with Crippen LogP contribution in [0.15, 0.2) is 30.6 Å². The fourth-order valence-electron chi connectivity index (χ4n) is 4.58. The zero-order valence-electron chi connectivity index (χ0n) is 17.9. The van der Waals surface area contributed by atoms with Gasteiger partial charge < -0.3 is 14.8 Å². The van der Waals surface area contributed by atoms with Crippen molar-refractivity contribution < 1.29 is 22.1 Å². The summed E-state index contributed by atoms with van der Waals surface area (Å²) in [5, 5.41) is 9.08. The van der Waals surface area contributed by atoms with Crippen LogP contribution in [0.3, 0.4) is 0 Å². The SMILES string of the molecule is CO[C@H]1Cc2cc(Cl)ccc2[C@H]1Nc1cc(O[C@@H]2C[C@@H](COS(N)(=O)=O)[C@@H](C)C2)ncn1. The van der Waals surface area contributed by atoms with Crippen LogP contribution in [0.4, 0.5) is 5.82 Å². The largest absolute Gasteiger partial charge is 0.474 e. The number of nitrogens with zero attached hydrogens (tertiary/aromatic N) is 2. The van der Waals surface area contributed by atoms with E-state index in [1.807, 2.05) is 25.1 Å². The Morgan fingerprint density at radius 1 is 1.25 bits per heavy atom. The molecule has 174 valence electrons. The van der Waals surface area contributed by atoms with Gasteiger partial charge in [-0.15, -0.1) is 0 Å². The third-order valence-electron chi connectivity index (χ3n) is 6.22. The normalized spacial score (nSPS) is 27.3. The van der Waals surface area contributed by atoms with E-state index in [2.05, 4.69) is 15.3 Å². The van der Waals surface area contributed by atoms with Gasteiger partial charge in [0, 0.05) is 24.6 Å². The van der Waals surface area contributed by atoms with E-state index in [1.165, 1.54) is 6.33 Å². The maximum absolute atomic E-state index is 11.1. The van der Waals surface area contributed by atoms with Crippen LogP contribution >= 0.6 is 11.6 Å². The molecule has 0 aliphatic heterocycles. The Balaban J connectivity index is 1.41. The van der Waals surface area contributed by atoms with E-state index in [1.54, 1.807) is 13.2 Å². The van der Waals surface area contributed by atoms with Crippen molar-refractivity contribution in [1.82, 2.24) is 9.97 Å². The molecule has 1 fully saturated rings. The number of benzene rings is 1. The standard InChI is InChI=1S/C21H27ClN4O5S/c1-12-5-16(7-14(12)10-30-32(23,27)28)31-20-9-19(24-11-25-20)26-21-17-4-3-15(22)6-13(17)8-18(21)29-2/h3-4,6,9,11-12,14,16,18,21H,5,7-8,10H2,1-2H3,(H2,23,27,28)(H,24,25,26)/t12-,14-,16-,18-,21+/m0/s1. The Morgan fingerprint density at radius 2 is 2.06 bits per heavy atom. The van der Waals surface area contributed by atoms with Gasteiger partial charge in [0.2, 0.25) is 5.88 Å². The van der Waals surface area contributed by atoms with Crippen LogP contribution in [0.2, 0.25) is 5.02 Å². The predicted octanol–water partition coefficient (Wildman–Crippen LogP) is 2.87. The minimum Gasteiger partial charge on any atom is -0.474 e. The zero-order chi connectivity index (χ0) is 22.9. The third kappa shape index (κ3) is 5.49. The average molecular weight is 483 g/mol. The number of fused-ring (bicyclic) bond motifs is 1. The summed E-state index contributed by atoms with van der Waals surface area (Å²) in [6, 6.07) is 7.55. The van der Waals surface area contributed by atoms with Crippen molar-refractivity contribution in [3.8, 4) is 5.88 Å². The lowest BCUT2D eigenvalue weighted by Crippen LogP contribution is -2.24. The van der Waals surface area contributed by atoms with Gasteiger partial charge in [-0.2, -0.15) is 8.42 Å². The van der Waals surface area contributed by atoms with Crippen molar-refractivity contribution in [2.24, 2.45) is 17.0 Å². The van der Waals surface area contributed by atoms with E-state index in [-0.39, 0.29) is 36.7 Å². The molecule has 1 heterocycles. The quantitative estimate of drug-likeness (QED) is 0.588. The number of methoxy groups -OCH3 is 1. The predicted molar refractivity (Wildman–Crippen MR) is 120 cm³/mol. The average Bonchev–Trinajstić information content (AvgIpc) is 3.25. The monoisotopic (exact) mass is 482 g/mol. The van der Waals surface area contributed by atoms with Crippen LogP contribution in [0.25, 0.3) is 0 Å². The lowest BCUT2D eigenvalue weighted by atomic mass is 10.00. The zero-order valence-corrected chi connectivity index (χ0v) is 19.5. The second-order valence-corrected chi connectivity index (χ2v) is 10.1. The molecule has 0 unspecified atom stereocenters. The van der Waals surface area contributed by atoms with Crippen molar-refractivity contribution in [3.63, 3.8) is 0 Å². The number of ether oxygens (including phenoxy) is 2.